The van der Waals surface area contributed by atoms with Crippen molar-refractivity contribution in [1.29, 1.82) is 0 Å². The van der Waals surface area contributed by atoms with Crippen molar-refractivity contribution < 1.29 is 27.9 Å². The number of hydrogen-bond acceptors (Lipinski definition) is 4. The molecule has 1 atom stereocenters. The second-order valence-corrected chi connectivity index (χ2v) is 8.66. The number of carbonyl (C=O) groups excluding carboxylic acids is 1. The minimum absolute atomic E-state index is 0.0256. The molecule has 0 saturated heterocycles. The molecule has 0 saturated carbocycles. The van der Waals surface area contributed by atoms with E-state index in [2.05, 4.69) is 10.3 Å². The zero-order chi connectivity index (χ0) is 27.1. The van der Waals surface area contributed by atoms with Crippen LogP contribution in [0.4, 0.5) is 18.9 Å². The molecule has 2 aromatic heterocycles. The number of pyridine rings is 1. The molecular formula is C26H23F3N4O4. The summed E-state index contributed by atoms with van der Waals surface area (Å²) in [6.45, 7) is 1.41. The summed E-state index contributed by atoms with van der Waals surface area (Å²) in [5.74, 6) is -2.02. The molecule has 1 amide bonds. The van der Waals surface area contributed by atoms with E-state index in [1.54, 1.807) is 24.3 Å². The number of nitrogens with one attached hydrogen (secondary N) is 2. The Morgan fingerprint density at radius 2 is 1.78 bits per heavy atom. The van der Waals surface area contributed by atoms with E-state index in [0.29, 0.717) is 16.5 Å². The Balaban J connectivity index is 1.60. The monoisotopic (exact) mass is 512 g/mol. The Hall–Kier alpha value is -4.54. The summed E-state index contributed by atoms with van der Waals surface area (Å²) in [4.78, 5) is 40.2. The van der Waals surface area contributed by atoms with E-state index < -0.39 is 40.8 Å². The number of carboxylic acid groups (broad SMARTS) is 1. The lowest BCUT2D eigenvalue weighted by Crippen LogP contribution is -2.42. The van der Waals surface area contributed by atoms with E-state index in [1.807, 2.05) is 0 Å². The molecule has 0 aliphatic carbocycles. The average molecular weight is 512 g/mol. The van der Waals surface area contributed by atoms with E-state index >= 15 is 0 Å². The van der Waals surface area contributed by atoms with E-state index in [4.69, 9.17) is 5.73 Å². The van der Waals surface area contributed by atoms with Crippen LogP contribution in [0.25, 0.3) is 22.0 Å². The number of aromatic amines is 1. The first-order chi connectivity index (χ1) is 17.4. The number of aromatic nitrogens is 2. The highest BCUT2D eigenvalue weighted by Crippen LogP contribution is 2.36. The fourth-order valence-corrected chi connectivity index (χ4v) is 4.14. The zero-order valence-corrected chi connectivity index (χ0v) is 19.8. The maximum Gasteiger partial charge on any atom is 0.417 e. The second-order valence-electron chi connectivity index (χ2n) is 8.66. The Morgan fingerprint density at radius 3 is 2.38 bits per heavy atom. The van der Waals surface area contributed by atoms with Crippen molar-refractivity contribution in [3.05, 3.63) is 87.5 Å². The third kappa shape index (κ3) is 4.92. The molecule has 1 unspecified atom stereocenters. The van der Waals surface area contributed by atoms with E-state index in [0.717, 1.165) is 10.6 Å². The van der Waals surface area contributed by atoms with Crippen molar-refractivity contribution >= 4 is 28.5 Å². The molecule has 0 fully saturated rings. The summed E-state index contributed by atoms with van der Waals surface area (Å²) in [6.07, 6.45) is -4.89. The molecular weight excluding hydrogens is 489 g/mol. The molecule has 0 bridgehead atoms. The van der Waals surface area contributed by atoms with Gasteiger partial charge in [-0.05, 0) is 30.2 Å². The van der Waals surface area contributed by atoms with Gasteiger partial charge in [-0.2, -0.15) is 13.2 Å². The fourth-order valence-electron chi connectivity index (χ4n) is 4.14. The van der Waals surface area contributed by atoms with Crippen LogP contribution in [-0.4, -0.2) is 32.6 Å². The first-order valence-electron chi connectivity index (χ1n) is 11.2. The van der Waals surface area contributed by atoms with Gasteiger partial charge in [-0.25, -0.2) is 4.79 Å². The zero-order valence-electron chi connectivity index (χ0n) is 19.8. The lowest BCUT2D eigenvalue weighted by Gasteiger charge is -2.17. The average Bonchev–Trinajstić information content (AvgIpc) is 3.18. The number of amides is 1. The van der Waals surface area contributed by atoms with Crippen LogP contribution >= 0.6 is 0 Å². The molecule has 0 aliphatic heterocycles. The largest absolute Gasteiger partial charge is 0.480 e. The SMILES string of the molecule is Cc1cc(C(F)(F)F)c(-c2ccc(CC(NC(=O)c3[nH]c4ccccc4c3N)C(=O)O)cc2)c(=O)n1C. The van der Waals surface area contributed by atoms with Gasteiger partial charge in [0, 0.05) is 30.1 Å². The molecule has 0 radical (unpaired) electrons. The Labute approximate surface area is 208 Å². The minimum Gasteiger partial charge on any atom is -0.480 e. The summed E-state index contributed by atoms with van der Waals surface area (Å²) in [5, 5.41) is 12.7. The first-order valence-corrected chi connectivity index (χ1v) is 11.2. The number of alkyl halides is 3. The molecule has 2 aromatic carbocycles. The van der Waals surface area contributed by atoms with Crippen LogP contribution in [0.15, 0.2) is 59.4 Å². The second kappa shape index (κ2) is 9.49. The minimum atomic E-state index is -4.74. The molecule has 192 valence electrons. The van der Waals surface area contributed by atoms with Gasteiger partial charge < -0.3 is 25.7 Å². The number of hydrogen-bond donors (Lipinski definition) is 4. The number of para-hydroxylation sites is 1. The number of aliphatic carboxylic acids is 1. The molecule has 11 heteroatoms. The summed E-state index contributed by atoms with van der Waals surface area (Å²) >= 11 is 0. The van der Waals surface area contributed by atoms with Gasteiger partial charge in [0.2, 0.25) is 0 Å². The summed E-state index contributed by atoms with van der Waals surface area (Å²) < 4.78 is 42.1. The molecule has 8 nitrogen and oxygen atoms in total. The number of carbonyl (C=O) groups is 2. The Bertz CT molecular complexity index is 1570. The van der Waals surface area contributed by atoms with Crippen LogP contribution in [0.5, 0.6) is 0 Å². The van der Waals surface area contributed by atoms with Gasteiger partial charge in [-0.3, -0.25) is 9.59 Å². The third-order valence-corrected chi connectivity index (χ3v) is 6.23. The predicted octanol–water partition coefficient (Wildman–Crippen LogP) is 3.87. The number of aryl methyl sites for hydroxylation is 1. The summed E-state index contributed by atoms with van der Waals surface area (Å²) in [6, 6.07) is 12.0. The Kier molecular flexibility index (Phi) is 6.55. The van der Waals surface area contributed by atoms with E-state index in [1.165, 1.54) is 38.2 Å². The van der Waals surface area contributed by atoms with Crippen LogP contribution in [-0.2, 0) is 24.4 Å². The molecule has 4 aromatic rings. The number of nitrogens with two attached hydrogens (primary N) is 1. The van der Waals surface area contributed by atoms with Crippen molar-refractivity contribution in [2.45, 2.75) is 25.6 Å². The van der Waals surface area contributed by atoms with Crippen LogP contribution in [0, 0.1) is 6.92 Å². The van der Waals surface area contributed by atoms with Crippen LogP contribution in [0.3, 0.4) is 0 Å². The highest BCUT2D eigenvalue weighted by molar-refractivity contribution is 6.08. The quantitative estimate of drug-likeness (QED) is 0.312. The molecule has 0 spiro atoms. The van der Waals surface area contributed by atoms with Crippen LogP contribution in [0.2, 0.25) is 0 Å². The fraction of sp³-hybridized carbons (Fsp3) is 0.192. The maximum atomic E-state index is 13.7. The number of nitrogens with zero attached hydrogens (tertiary/aromatic N) is 1. The number of halogens is 3. The molecule has 2 heterocycles. The van der Waals surface area contributed by atoms with Crippen LogP contribution < -0.4 is 16.6 Å². The number of rotatable bonds is 6. The Morgan fingerprint density at radius 1 is 1.14 bits per heavy atom. The number of H-pyrrole nitrogens is 1. The summed E-state index contributed by atoms with van der Waals surface area (Å²) in [7, 11) is 1.38. The van der Waals surface area contributed by atoms with Gasteiger partial charge in [0.25, 0.3) is 11.5 Å². The van der Waals surface area contributed by atoms with E-state index in [9.17, 15) is 32.7 Å². The third-order valence-electron chi connectivity index (χ3n) is 6.23. The number of benzene rings is 2. The number of carboxylic acids is 1. The lowest BCUT2D eigenvalue weighted by atomic mass is 9.97. The lowest BCUT2D eigenvalue weighted by molar-refractivity contribution is -0.139. The highest BCUT2D eigenvalue weighted by Gasteiger charge is 2.36. The topological polar surface area (TPSA) is 130 Å². The van der Waals surface area contributed by atoms with Crippen molar-refractivity contribution in [3.63, 3.8) is 0 Å². The standard InChI is InChI=1S/C26H23F3N4O4/c1-13-11-17(26(27,28)29)20(24(35)33(13)2)15-9-7-14(8-10-15)12-19(25(36)37)32-23(34)22-21(30)16-5-3-4-6-18(16)31-22/h3-11,19,31H,12,30H2,1-2H3,(H,32,34)(H,36,37). The number of anilines is 1. The van der Waals surface area contributed by atoms with Crippen molar-refractivity contribution in [2.24, 2.45) is 7.05 Å². The van der Waals surface area contributed by atoms with Gasteiger partial charge in [0.1, 0.15) is 11.7 Å². The normalized spacial score (nSPS) is 12.5. The predicted molar refractivity (Wildman–Crippen MR) is 132 cm³/mol. The van der Waals surface area contributed by atoms with Crippen LogP contribution in [0.1, 0.15) is 27.3 Å². The molecule has 4 rings (SSSR count). The van der Waals surface area contributed by atoms with Crippen molar-refractivity contribution in [2.75, 3.05) is 5.73 Å². The van der Waals surface area contributed by atoms with Crippen molar-refractivity contribution in [1.82, 2.24) is 14.9 Å². The van der Waals surface area contributed by atoms with Crippen molar-refractivity contribution in [3.8, 4) is 11.1 Å². The van der Waals surface area contributed by atoms with Gasteiger partial charge in [-0.1, -0.05) is 42.5 Å². The number of nitrogen functional groups attached to an aromatic ring is 1. The van der Waals surface area contributed by atoms with Gasteiger partial charge >= 0.3 is 12.1 Å². The van der Waals surface area contributed by atoms with Gasteiger partial charge in [0.05, 0.1) is 16.8 Å². The molecule has 37 heavy (non-hydrogen) atoms. The smallest absolute Gasteiger partial charge is 0.417 e. The molecule has 5 N–H and O–H groups in total. The first kappa shape index (κ1) is 25.5. The van der Waals surface area contributed by atoms with E-state index in [-0.39, 0.29) is 29.1 Å². The molecule has 0 aliphatic rings. The van der Waals surface area contributed by atoms with Gasteiger partial charge in [-0.15, -0.1) is 0 Å². The highest BCUT2D eigenvalue weighted by atomic mass is 19.4. The maximum absolute atomic E-state index is 13.7. The van der Waals surface area contributed by atoms with Gasteiger partial charge in [0.15, 0.2) is 0 Å². The summed E-state index contributed by atoms with van der Waals surface area (Å²) in [5.41, 5.74) is 5.16. The number of fused-ring (bicyclic) bond motifs is 1.